The van der Waals surface area contributed by atoms with E-state index in [1.165, 1.54) is 23.1 Å². The molecule has 3 rings (SSSR count). The van der Waals surface area contributed by atoms with Crippen LogP contribution >= 0.6 is 34.7 Å². The number of carbonyl (C=O) groups excluding carboxylic acids is 1. The third kappa shape index (κ3) is 3.91. The lowest BCUT2D eigenvalue weighted by Crippen LogP contribution is -2.23. The molecule has 1 heterocycles. The number of aromatic nitrogens is 1. The summed E-state index contributed by atoms with van der Waals surface area (Å²) < 4.78 is 41.3. The number of amides is 1. The van der Waals surface area contributed by atoms with Crippen LogP contribution in [0.1, 0.15) is 6.92 Å². The number of halogens is 4. The zero-order valence-electron chi connectivity index (χ0n) is 12.6. The van der Waals surface area contributed by atoms with E-state index in [0.717, 1.165) is 22.3 Å². The Morgan fingerprint density at radius 1 is 1.24 bits per heavy atom. The molecular weight excluding hydrogens is 393 g/mol. The summed E-state index contributed by atoms with van der Waals surface area (Å²) in [6.07, 6.45) is 0. The highest BCUT2D eigenvalue weighted by molar-refractivity contribution is 8.02. The second-order valence-electron chi connectivity index (χ2n) is 5.06. The molecule has 25 heavy (non-hydrogen) atoms. The minimum Gasteiger partial charge on any atom is -0.323 e. The number of rotatable bonds is 4. The van der Waals surface area contributed by atoms with E-state index in [2.05, 4.69) is 10.3 Å². The zero-order valence-corrected chi connectivity index (χ0v) is 15.0. The van der Waals surface area contributed by atoms with Crippen LogP contribution in [0.4, 0.5) is 18.9 Å². The van der Waals surface area contributed by atoms with Crippen molar-refractivity contribution in [3.63, 3.8) is 0 Å². The van der Waals surface area contributed by atoms with E-state index in [1.807, 2.05) is 6.07 Å². The molecule has 1 aromatic heterocycles. The van der Waals surface area contributed by atoms with Gasteiger partial charge in [-0.3, -0.25) is 4.79 Å². The number of thioether (sulfide) groups is 1. The number of nitrogens with one attached hydrogen (secondary N) is 1. The highest BCUT2D eigenvalue weighted by atomic mass is 35.5. The molecule has 130 valence electrons. The van der Waals surface area contributed by atoms with Crippen molar-refractivity contribution in [3.05, 3.63) is 52.8 Å². The predicted molar refractivity (Wildman–Crippen MR) is 94.9 cm³/mol. The van der Waals surface area contributed by atoms with Gasteiger partial charge in [-0.1, -0.05) is 23.4 Å². The van der Waals surface area contributed by atoms with E-state index in [0.29, 0.717) is 9.36 Å². The highest BCUT2D eigenvalue weighted by Crippen LogP contribution is 2.33. The van der Waals surface area contributed by atoms with Gasteiger partial charge >= 0.3 is 0 Å². The number of thiazole rings is 1. The molecule has 0 spiro atoms. The Balaban J connectivity index is 1.72. The maximum absolute atomic E-state index is 13.6. The van der Waals surface area contributed by atoms with Crippen molar-refractivity contribution in [2.24, 2.45) is 0 Å². The van der Waals surface area contributed by atoms with Crippen LogP contribution in [0.25, 0.3) is 10.2 Å². The summed E-state index contributed by atoms with van der Waals surface area (Å²) in [6, 6.07) is 7.03. The third-order valence-electron chi connectivity index (χ3n) is 3.27. The topological polar surface area (TPSA) is 42.0 Å². The molecule has 0 radical (unpaired) electrons. The van der Waals surface area contributed by atoms with Crippen molar-refractivity contribution in [2.75, 3.05) is 5.32 Å². The minimum absolute atomic E-state index is 0.410. The molecule has 0 fully saturated rings. The molecule has 1 amide bonds. The lowest BCUT2D eigenvalue weighted by Gasteiger charge is -2.11. The fourth-order valence-electron chi connectivity index (χ4n) is 1.99. The summed E-state index contributed by atoms with van der Waals surface area (Å²) >= 11 is 8.49. The first kappa shape index (κ1) is 18.0. The van der Waals surface area contributed by atoms with Crippen LogP contribution in [-0.4, -0.2) is 16.1 Å². The average molecular weight is 403 g/mol. The number of hydrogen-bond acceptors (Lipinski definition) is 4. The van der Waals surface area contributed by atoms with E-state index in [1.54, 1.807) is 19.1 Å². The Kier molecular flexibility index (Phi) is 5.21. The Labute approximate surface area is 154 Å². The average Bonchev–Trinajstić information content (AvgIpc) is 2.96. The number of anilines is 1. The van der Waals surface area contributed by atoms with Crippen LogP contribution < -0.4 is 5.32 Å². The fraction of sp³-hybridized carbons (Fsp3) is 0.125. The summed E-state index contributed by atoms with van der Waals surface area (Å²) in [6.45, 7) is 1.61. The van der Waals surface area contributed by atoms with Crippen molar-refractivity contribution >= 4 is 56.5 Å². The Bertz CT molecular complexity index is 964. The normalized spacial score (nSPS) is 12.4. The Hall–Kier alpha value is -1.77. The minimum atomic E-state index is -1.62. The molecule has 2 aromatic carbocycles. The van der Waals surface area contributed by atoms with Crippen molar-refractivity contribution in [1.82, 2.24) is 4.98 Å². The molecule has 1 N–H and O–H groups in total. The first-order chi connectivity index (χ1) is 11.8. The molecule has 0 aliphatic heterocycles. The van der Waals surface area contributed by atoms with Gasteiger partial charge in [0.2, 0.25) is 5.91 Å². The van der Waals surface area contributed by atoms with Gasteiger partial charge in [-0.2, -0.15) is 0 Å². The van der Waals surface area contributed by atoms with Crippen LogP contribution in [0.3, 0.4) is 0 Å². The second-order valence-corrected chi connectivity index (χ2v) is 8.12. The highest BCUT2D eigenvalue weighted by Gasteiger charge is 2.20. The largest absolute Gasteiger partial charge is 0.323 e. The van der Waals surface area contributed by atoms with Crippen molar-refractivity contribution in [3.8, 4) is 0 Å². The predicted octanol–water partition coefficient (Wildman–Crippen LogP) is 5.49. The summed E-state index contributed by atoms with van der Waals surface area (Å²) in [7, 11) is 0. The van der Waals surface area contributed by atoms with Gasteiger partial charge in [0, 0.05) is 5.02 Å². The molecule has 1 unspecified atom stereocenters. The van der Waals surface area contributed by atoms with E-state index in [9.17, 15) is 18.0 Å². The molecule has 0 saturated carbocycles. The van der Waals surface area contributed by atoms with Crippen LogP contribution in [0.15, 0.2) is 34.7 Å². The van der Waals surface area contributed by atoms with Crippen LogP contribution in [-0.2, 0) is 4.79 Å². The number of carbonyl (C=O) groups is 1. The number of benzene rings is 2. The summed E-state index contributed by atoms with van der Waals surface area (Å²) in [5.41, 5.74) is 0.312. The maximum Gasteiger partial charge on any atom is 0.237 e. The van der Waals surface area contributed by atoms with Gasteiger partial charge in [0.15, 0.2) is 21.8 Å². The summed E-state index contributed by atoms with van der Waals surface area (Å²) in [4.78, 5) is 16.6. The molecule has 9 heteroatoms. The second kappa shape index (κ2) is 7.23. The first-order valence-electron chi connectivity index (χ1n) is 7.02. The number of hydrogen-bond donors (Lipinski definition) is 1. The van der Waals surface area contributed by atoms with Gasteiger partial charge in [-0.15, -0.1) is 11.3 Å². The van der Waals surface area contributed by atoms with E-state index in [-0.39, 0.29) is 0 Å². The molecule has 3 aromatic rings. The smallest absolute Gasteiger partial charge is 0.237 e. The SMILES string of the molecule is CC(Sc1nc2cc(Cl)ccc2s1)C(=O)Nc1ccc(F)c(F)c1F. The quantitative estimate of drug-likeness (QED) is 0.463. The molecular formula is C16H10ClF3N2OS2. The monoisotopic (exact) mass is 402 g/mol. The molecule has 1 atom stereocenters. The third-order valence-corrected chi connectivity index (χ3v) is 5.74. The van der Waals surface area contributed by atoms with Crippen molar-refractivity contribution in [2.45, 2.75) is 16.5 Å². The van der Waals surface area contributed by atoms with Crippen molar-refractivity contribution in [1.29, 1.82) is 0 Å². The van der Waals surface area contributed by atoms with E-state index < -0.39 is 34.3 Å². The number of nitrogens with zero attached hydrogens (tertiary/aromatic N) is 1. The lowest BCUT2D eigenvalue weighted by molar-refractivity contribution is -0.115. The molecule has 0 aliphatic carbocycles. The molecule has 0 aliphatic rings. The van der Waals surface area contributed by atoms with Gasteiger partial charge in [0.25, 0.3) is 0 Å². The Morgan fingerprint density at radius 3 is 2.76 bits per heavy atom. The maximum atomic E-state index is 13.6. The molecule has 0 saturated heterocycles. The fourth-order valence-corrected chi connectivity index (χ4v) is 4.35. The van der Waals surface area contributed by atoms with Crippen LogP contribution in [0, 0.1) is 17.5 Å². The Morgan fingerprint density at radius 2 is 2.00 bits per heavy atom. The molecule has 0 bridgehead atoms. The summed E-state index contributed by atoms with van der Waals surface area (Å²) in [5, 5.41) is 2.20. The van der Waals surface area contributed by atoms with Gasteiger partial charge in [0.05, 0.1) is 21.2 Å². The zero-order chi connectivity index (χ0) is 18.1. The van der Waals surface area contributed by atoms with Gasteiger partial charge in [0.1, 0.15) is 0 Å². The first-order valence-corrected chi connectivity index (χ1v) is 9.09. The van der Waals surface area contributed by atoms with E-state index in [4.69, 9.17) is 11.6 Å². The van der Waals surface area contributed by atoms with Crippen molar-refractivity contribution < 1.29 is 18.0 Å². The number of fused-ring (bicyclic) bond motifs is 1. The summed E-state index contributed by atoms with van der Waals surface area (Å²) in [5.74, 6) is -4.92. The van der Waals surface area contributed by atoms with Gasteiger partial charge in [-0.25, -0.2) is 18.2 Å². The lowest BCUT2D eigenvalue weighted by atomic mass is 10.2. The van der Waals surface area contributed by atoms with E-state index >= 15 is 0 Å². The molecule has 3 nitrogen and oxygen atoms in total. The van der Waals surface area contributed by atoms with Crippen LogP contribution in [0.5, 0.6) is 0 Å². The van der Waals surface area contributed by atoms with Gasteiger partial charge < -0.3 is 5.32 Å². The standard InChI is InChI=1S/C16H10ClF3N2OS2/c1-7(15(23)21-10-4-3-9(18)13(19)14(10)20)24-16-22-11-6-8(17)2-5-12(11)25-16/h2-7H,1H3,(H,21,23). The van der Waals surface area contributed by atoms with Crippen LogP contribution in [0.2, 0.25) is 5.02 Å². The van der Waals surface area contributed by atoms with Gasteiger partial charge in [-0.05, 0) is 37.3 Å².